The first-order chi connectivity index (χ1) is 16.4. The maximum atomic E-state index is 14.1. The van der Waals surface area contributed by atoms with Gasteiger partial charge in [0.05, 0.1) is 18.9 Å². The quantitative estimate of drug-likeness (QED) is 0.682. The topological polar surface area (TPSA) is 119 Å². The van der Waals surface area contributed by atoms with Crippen LogP contribution in [0.5, 0.6) is 5.88 Å². The molecule has 0 radical (unpaired) electrons. The Bertz CT molecular complexity index is 1140. The Morgan fingerprint density at radius 2 is 2.03 bits per heavy atom. The molecule has 1 saturated heterocycles. The molecule has 4 heterocycles. The number of aryl methyl sites for hydroxylation is 1. The van der Waals surface area contributed by atoms with E-state index in [-0.39, 0.29) is 42.1 Å². The summed E-state index contributed by atoms with van der Waals surface area (Å²) in [6, 6.07) is 0.362. The zero-order valence-electron chi connectivity index (χ0n) is 18.7. The summed E-state index contributed by atoms with van der Waals surface area (Å²) in [5.74, 6) is 0.898. The van der Waals surface area contributed by atoms with Crippen molar-refractivity contribution in [3.63, 3.8) is 0 Å². The van der Waals surface area contributed by atoms with Gasteiger partial charge in [-0.05, 0) is 56.2 Å². The van der Waals surface area contributed by atoms with Gasteiger partial charge in [0.2, 0.25) is 0 Å². The number of hydrogen-bond acceptors (Lipinski definition) is 8. The van der Waals surface area contributed by atoms with Gasteiger partial charge >= 0.3 is 6.09 Å². The van der Waals surface area contributed by atoms with Crippen molar-refractivity contribution in [1.29, 1.82) is 0 Å². The summed E-state index contributed by atoms with van der Waals surface area (Å²) < 4.78 is 24.9. The molecule has 2 aliphatic carbocycles. The second-order valence-electron chi connectivity index (χ2n) is 9.51. The Labute approximate surface area is 195 Å². The van der Waals surface area contributed by atoms with Crippen LogP contribution in [0.3, 0.4) is 0 Å². The molecule has 2 aromatic heterocycles. The summed E-state index contributed by atoms with van der Waals surface area (Å²) in [5.41, 5.74) is 2.81. The van der Waals surface area contributed by atoms with Crippen LogP contribution in [0.4, 0.5) is 20.8 Å². The zero-order chi connectivity index (χ0) is 23.4. The van der Waals surface area contributed by atoms with E-state index in [1.165, 1.54) is 17.3 Å². The Hall–Kier alpha value is -3.34. The highest BCUT2D eigenvalue weighted by atomic mass is 19.1. The SMILES string of the molecule is Cc1ncc(F)c2c1CC(CN[C@H]1C[C@H](C3CN(c4cnc5c(n4)NC(=O)CO5)C(=O)O3)C1)C2. The lowest BCUT2D eigenvalue weighted by atomic mass is 9.76. The number of fused-ring (bicyclic) bond motifs is 2. The third kappa shape index (κ3) is 3.73. The molecule has 34 heavy (non-hydrogen) atoms. The monoisotopic (exact) mass is 468 g/mol. The summed E-state index contributed by atoms with van der Waals surface area (Å²) in [6.45, 7) is 3.06. The number of hydrogen-bond donors (Lipinski definition) is 2. The van der Waals surface area contributed by atoms with E-state index in [0.717, 1.165) is 49.0 Å². The van der Waals surface area contributed by atoms with Gasteiger partial charge < -0.3 is 20.1 Å². The van der Waals surface area contributed by atoms with Crippen LogP contribution in [0, 0.1) is 24.6 Å². The zero-order valence-corrected chi connectivity index (χ0v) is 18.7. The summed E-state index contributed by atoms with van der Waals surface area (Å²) in [4.78, 5) is 38.1. The highest BCUT2D eigenvalue weighted by Crippen LogP contribution is 2.37. The van der Waals surface area contributed by atoms with Crippen molar-refractivity contribution in [2.24, 2.45) is 11.8 Å². The first-order valence-electron chi connectivity index (χ1n) is 11.6. The largest absolute Gasteiger partial charge is 0.465 e. The predicted octanol–water partition coefficient (Wildman–Crippen LogP) is 1.76. The molecule has 2 aromatic rings. The van der Waals surface area contributed by atoms with Crippen molar-refractivity contribution in [2.45, 2.75) is 44.8 Å². The molecule has 2 aliphatic heterocycles. The van der Waals surface area contributed by atoms with E-state index in [0.29, 0.717) is 24.3 Å². The molecule has 2 amide bonds. The minimum Gasteiger partial charge on any atom is -0.465 e. The Morgan fingerprint density at radius 1 is 1.21 bits per heavy atom. The molecule has 0 spiro atoms. The first kappa shape index (κ1) is 21.2. The van der Waals surface area contributed by atoms with Crippen LogP contribution in [-0.2, 0) is 22.4 Å². The fourth-order valence-corrected chi connectivity index (χ4v) is 5.33. The van der Waals surface area contributed by atoms with Crippen molar-refractivity contribution >= 4 is 23.6 Å². The average molecular weight is 468 g/mol. The number of carbonyl (C=O) groups excluding carboxylic acids is 2. The standard InChI is InChI=1S/C23H25FN6O4/c1-11-15-2-12(3-16(15)17(24)7-25-11)6-26-14-4-13(5-14)18-9-30(23(32)34-18)19-8-27-22-21(28-19)29-20(31)10-33-22/h7-8,12-14,18,26H,2-6,9-10H2,1H3,(H,28,29,31)/t12?,13-,14-,18?. The molecule has 1 saturated carbocycles. The van der Waals surface area contributed by atoms with E-state index < -0.39 is 6.09 Å². The number of anilines is 2. The lowest BCUT2D eigenvalue weighted by molar-refractivity contribution is -0.118. The number of nitrogens with zero attached hydrogens (tertiary/aromatic N) is 4. The summed E-state index contributed by atoms with van der Waals surface area (Å²) in [5, 5.41) is 6.21. The normalized spacial score (nSPS) is 27.4. The lowest BCUT2D eigenvalue weighted by Crippen LogP contribution is -2.48. The Morgan fingerprint density at radius 3 is 2.85 bits per heavy atom. The van der Waals surface area contributed by atoms with Gasteiger partial charge in [0.25, 0.3) is 11.8 Å². The molecule has 10 nitrogen and oxygen atoms in total. The number of amides is 2. The van der Waals surface area contributed by atoms with Gasteiger partial charge in [-0.25, -0.2) is 19.2 Å². The van der Waals surface area contributed by atoms with Crippen molar-refractivity contribution in [3.05, 3.63) is 35.0 Å². The number of ether oxygens (including phenoxy) is 2. The number of aromatic nitrogens is 3. The van der Waals surface area contributed by atoms with E-state index in [4.69, 9.17) is 9.47 Å². The van der Waals surface area contributed by atoms with E-state index in [1.807, 2.05) is 6.92 Å². The van der Waals surface area contributed by atoms with Crippen molar-refractivity contribution in [3.8, 4) is 5.88 Å². The van der Waals surface area contributed by atoms with Crippen molar-refractivity contribution in [2.75, 3.05) is 29.9 Å². The van der Waals surface area contributed by atoms with Gasteiger partial charge in [-0.15, -0.1) is 0 Å². The number of halogens is 1. The van der Waals surface area contributed by atoms with Crippen LogP contribution in [0.2, 0.25) is 0 Å². The van der Waals surface area contributed by atoms with Gasteiger partial charge in [-0.3, -0.25) is 14.7 Å². The van der Waals surface area contributed by atoms with Crippen molar-refractivity contribution in [1.82, 2.24) is 20.3 Å². The summed E-state index contributed by atoms with van der Waals surface area (Å²) in [6.07, 6.45) is 5.53. The number of carbonyl (C=O) groups is 2. The van der Waals surface area contributed by atoms with E-state index >= 15 is 0 Å². The van der Waals surface area contributed by atoms with Crippen molar-refractivity contribution < 1.29 is 23.5 Å². The van der Waals surface area contributed by atoms with Crippen LogP contribution in [-0.4, -0.2) is 58.8 Å². The highest BCUT2D eigenvalue weighted by molar-refractivity contribution is 5.94. The van der Waals surface area contributed by atoms with Gasteiger partial charge in [-0.2, -0.15) is 0 Å². The van der Waals surface area contributed by atoms with Crippen LogP contribution in [0.25, 0.3) is 0 Å². The van der Waals surface area contributed by atoms with Crippen LogP contribution in [0.15, 0.2) is 12.4 Å². The molecule has 2 fully saturated rings. The number of rotatable bonds is 5. The first-order valence-corrected chi connectivity index (χ1v) is 11.6. The fourth-order valence-electron chi connectivity index (χ4n) is 5.33. The van der Waals surface area contributed by atoms with Crippen LogP contribution >= 0.6 is 0 Å². The number of pyridine rings is 1. The maximum absolute atomic E-state index is 14.1. The Kier molecular flexibility index (Phi) is 5.09. The molecular formula is C23H25FN6O4. The lowest BCUT2D eigenvalue weighted by Gasteiger charge is -2.38. The Balaban J connectivity index is 1.00. The molecular weight excluding hydrogens is 443 g/mol. The molecule has 4 aliphatic rings. The molecule has 2 N–H and O–H groups in total. The summed E-state index contributed by atoms with van der Waals surface area (Å²) in [7, 11) is 0. The van der Waals surface area contributed by atoms with E-state index in [1.54, 1.807) is 0 Å². The molecule has 0 bridgehead atoms. The fraction of sp³-hybridized carbons (Fsp3) is 0.522. The molecule has 6 rings (SSSR count). The van der Waals surface area contributed by atoms with Gasteiger partial charge in [-0.1, -0.05) is 0 Å². The smallest absolute Gasteiger partial charge is 0.416 e. The molecule has 2 unspecified atom stereocenters. The van der Waals surface area contributed by atoms with E-state index in [9.17, 15) is 14.0 Å². The van der Waals surface area contributed by atoms with Gasteiger partial charge in [0.1, 0.15) is 11.9 Å². The maximum Gasteiger partial charge on any atom is 0.416 e. The molecule has 0 aromatic carbocycles. The van der Waals surface area contributed by atoms with Crippen LogP contribution in [0.1, 0.15) is 29.7 Å². The third-order valence-electron chi connectivity index (χ3n) is 7.28. The van der Waals surface area contributed by atoms with Gasteiger partial charge in [0, 0.05) is 17.7 Å². The third-order valence-corrected chi connectivity index (χ3v) is 7.28. The minimum atomic E-state index is -0.464. The second kappa shape index (κ2) is 8.15. The van der Waals surface area contributed by atoms with Crippen LogP contribution < -0.4 is 20.3 Å². The number of nitrogens with one attached hydrogen (secondary N) is 2. The average Bonchev–Trinajstić information content (AvgIpc) is 3.39. The number of cyclic esters (lactones) is 1. The second-order valence-corrected chi connectivity index (χ2v) is 9.51. The minimum absolute atomic E-state index is 0.104. The molecule has 2 atom stereocenters. The van der Waals surface area contributed by atoms with Gasteiger partial charge in [0.15, 0.2) is 18.2 Å². The highest BCUT2D eigenvalue weighted by Gasteiger charge is 2.44. The van der Waals surface area contributed by atoms with E-state index in [2.05, 4.69) is 25.6 Å². The predicted molar refractivity (Wildman–Crippen MR) is 118 cm³/mol. The molecule has 178 valence electrons. The summed E-state index contributed by atoms with van der Waals surface area (Å²) >= 11 is 0. The molecule has 11 heteroatoms.